The van der Waals surface area contributed by atoms with Crippen molar-refractivity contribution in [3.63, 3.8) is 0 Å². The number of hydrogen-bond acceptors (Lipinski definition) is 8. The first kappa shape index (κ1) is 22.1. The van der Waals surface area contributed by atoms with Crippen molar-refractivity contribution in [1.82, 2.24) is 0 Å². The highest BCUT2D eigenvalue weighted by Crippen LogP contribution is 2.34. The van der Waals surface area contributed by atoms with Crippen LogP contribution in [0.4, 0.5) is 5.00 Å². The van der Waals surface area contributed by atoms with E-state index in [2.05, 4.69) is 10.1 Å². The SMILES string of the molecule is COC(=O)c1sc(NC(=O)COC(=O)Cc2ccccc2C)c(C(=O)OC)c1C. The molecule has 1 N–H and O–H groups in total. The van der Waals surface area contributed by atoms with Crippen molar-refractivity contribution in [1.29, 1.82) is 0 Å². The molecule has 29 heavy (non-hydrogen) atoms. The minimum absolute atomic E-state index is 0.0396. The van der Waals surface area contributed by atoms with E-state index in [0.717, 1.165) is 22.5 Å². The topological polar surface area (TPSA) is 108 Å². The van der Waals surface area contributed by atoms with E-state index in [4.69, 9.17) is 9.47 Å². The van der Waals surface area contributed by atoms with Gasteiger partial charge >= 0.3 is 17.9 Å². The fourth-order valence-corrected chi connectivity index (χ4v) is 3.69. The summed E-state index contributed by atoms with van der Waals surface area (Å²) in [7, 11) is 2.40. The molecule has 8 nitrogen and oxygen atoms in total. The van der Waals surface area contributed by atoms with Crippen LogP contribution in [0.5, 0.6) is 0 Å². The molecule has 154 valence electrons. The number of ether oxygens (including phenoxy) is 3. The first-order valence-corrected chi connectivity index (χ1v) is 9.40. The van der Waals surface area contributed by atoms with Crippen LogP contribution >= 0.6 is 11.3 Å². The lowest BCUT2D eigenvalue weighted by Gasteiger charge is -2.08. The van der Waals surface area contributed by atoms with Crippen LogP contribution in [0.3, 0.4) is 0 Å². The Morgan fingerprint density at radius 2 is 1.66 bits per heavy atom. The van der Waals surface area contributed by atoms with Gasteiger partial charge in [0.05, 0.1) is 26.2 Å². The van der Waals surface area contributed by atoms with Crippen LogP contribution in [0.25, 0.3) is 0 Å². The van der Waals surface area contributed by atoms with Crippen molar-refractivity contribution in [2.24, 2.45) is 0 Å². The number of benzene rings is 1. The minimum atomic E-state index is -0.708. The maximum atomic E-state index is 12.2. The molecule has 2 rings (SSSR count). The molecule has 0 aliphatic heterocycles. The van der Waals surface area contributed by atoms with Crippen molar-refractivity contribution >= 4 is 40.2 Å². The molecule has 1 heterocycles. The standard InChI is InChI=1S/C20H21NO7S/c1-11-7-5-6-8-13(11)9-15(23)28-10-14(22)21-18-16(19(24)26-3)12(2)17(29-18)20(25)27-4/h5-8H,9-10H2,1-4H3,(H,21,22). The molecule has 0 bridgehead atoms. The third kappa shape index (κ3) is 5.41. The van der Waals surface area contributed by atoms with E-state index in [1.165, 1.54) is 14.2 Å². The van der Waals surface area contributed by atoms with Gasteiger partial charge in [0, 0.05) is 0 Å². The van der Waals surface area contributed by atoms with Crippen molar-refractivity contribution in [3.8, 4) is 0 Å². The summed E-state index contributed by atoms with van der Waals surface area (Å²) >= 11 is 0.882. The normalized spacial score (nSPS) is 10.2. The van der Waals surface area contributed by atoms with Gasteiger partial charge in [-0.15, -0.1) is 11.3 Å². The van der Waals surface area contributed by atoms with Gasteiger partial charge in [0.15, 0.2) is 6.61 Å². The number of carbonyl (C=O) groups is 4. The molecule has 0 atom stereocenters. The Morgan fingerprint density at radius 1 is 1.00 bits per heavy atom. The smallest absolute Gasteiger partial charge is 0.348 e. The minimum Gasteiger partial charge on any atom is -0.465 e. The summed E-state index contributed by atoms with van der Waals surface area (Å²) in [6, 6.07) is 7.36. The second-order valence-corrected chi connectivity index (χ2v) is 7.08. The number of hydrogen-bond donors (Lipinski definition) is 1. The monoisotopic (exact) mass is 419 g/mol. The first-order valence-electron chi connectivity index (χ1n) is 8.58. The maximum absolute atomic E-state index is 12.2. The molecular weight excluding hydrogens is 398 g/mol. The van der Waals surface area contributed by atoms with E-state index >= 15 is 0 Å². The molecule has 1 aromatic heterocycles. The van der Waals surface area contributed by atoms with Crippen molar-refractivity contribution in [2.75, 3.05) is 26.1 Å². The lowest BCUT2D eigenvalue weighted by atomic mass is 10.1. The number of nitrogens with one attached hydrogen (secondary N) is 1. The summed E-state index contributed by atoms with van der Waals surface area (Å²) < 4.78 is 14.4. The second kappa shape index (κ2) is 9.83. The van der Waals surface area contributed by atoms with E-state index in [-0.39, 0.29) is 21.9 Å². The van der Waals surface area contributed by atoms with E-state index in [1.807, 2.05) is 31.2 Å². The molecule has 0 unspecified atom stereocenters. The van der Waals surface area contributed by atoms with E-state index < -0.39 is 30.4 Å². The van der Waals surface area contributed by atoms with Gasteiger partial charge in [-0.2, -0.15) is 0 Å². The molecule has 9 heteroatoms. The quantitative estimate of drug-likeness (QED) is 0.543. The highest BCUT2D eigenvalue weighted by Gasteiger charge is 2.27. The van der Waals surface area contributed by atoms with Crippen LogP contribution in [0.2, 0.25) is 0 Å². The van der Waals surface area contributed by atoms with Crippen LogP contribution < -0.4 is 5.32 Å². The van der Waals surface area contributed by atoms with Gasteiger partial charge < -0.3 is 19.5 Å². The lowest BCUT2D eigenvalue weighted by Crippen LogP contribution is -2.22. The Kier molecular flexibility index (Phi) is 7.49. The Bertz CT molecular complexity index is 948. The number of amides is 1. The lowest BCUT2D eigenvalue weighted by molar-refractivity contribution is -0.146. The summed E-state index contributed by atoms with van der Waals surface area (Å²) in [5, 5.41) is 2.61. The average Bonchev–Trinajstić information content (AvgIpc) is 3.02. The van der Waals surface area contributed by atoms with Crippen LogP contribution in [0.15, 0.2) is 24.3 Å². The summed E-state index contributed by atoms with van der Waals surface area (Å²) in [6.07, 6.45) is 0.0396. The van der Waals surface area contributed by atoms with Crippen molar-refractivity contribution < 1.29 is 33.4 Å². The first-order chi connectivity index (χ1) is 13.8. The molecule has 0 fully saturated rings. The van der Waals surface area contributed by atoms with E-state index in [9.17, 15) is 19.2 Å². The fourth-order valence-electron chi connectivity index (χ4n) is 2.56. The van der Waals surface area contributed by atoms with Gasteiger partial charge in [0.2, 0.25) is 0 Å². The average molecular weight is 419 g/mol. The van der Waals surface area contributed by atoms with Crippen molar-refractivity contribution in [2.45, 2.75) is 20.3 Å². The summed E-state index contributed by atoms with van der Waals surface area (Å²) in [4.78, 5) is 48.3. The Morgan fingerprint density at radius 3 is 2.28 bits per heavy atom. The zero-order valence-corrected chi connectivity index (χ0v) is 17.3. The molecule has 0 aliphatic carbocycles. The zero-order chi connectivity index (χ0) is 21.6. The molecule has 0 spiro atoms. The van der Waals surface area contributed by atoms with Gasteiger partial charge in [0.1, 0.15) is 9.88 Å². The molecule has 2 aromatic rings. The number of esters is 3. The second-order valence-electron chi connectivity index (χ2n) is 6.06. The molecule has 0 saturated carbocycles. The van der Waals surface area contributed by atoms with Gasteiger partial charge in [-0.1, -0.05) is 24.3 Å². The van der Waals surface area contributed by atoms with Crippen LogP contribution in [0, 0.1) is 13.8 Å². The Balaban J connectivity index is 2.06. The highest BCUT2D eigenvalue weighted by atomic mass is 32.1. The van der Waals surface area contributed by atoms with Crippen LogP contribution in [-0.2, 0) is 30.2 Å². The predicted octanol–water partition coefficient (Wildman–Crippen LogP) is 2.66. The van der Waals surface area contributed by atoms with Crippen molar-refractivity contribution in [3.05, 3.63) is 51.4 Å². The summed E-state index contributed by atoms with van der Waals surface area (Å²) in [6.45, 7) is 2.89. The Hall–Kier alpha value is -3.20. The zero-order valence-electron chi connectivity index (χ0n) is 16.5. The number of anilines is 1. The molecule has 0 radical (unpaired) electrons. The number of thiophene rings is 1. The van der Waals surface area contributed by atoms with Crippen LogP contribution in [0.1, 0.15) is 36.7 Å². The van der Waals surface area contributed by atoms with E-state index in [1.54, 1.807) is 6.92 Å². The third-order valence-corrected chi connectivity index (χ3v) is 5.31. The highest BCUT2D eigenvalue weighted by molar-refractivity contribution is 7.18. The number of carbonyl (C=O) groups excluding carboxylic acids is 4. The van der Waals surface area contributed by atoms with Gasteiger partial charge in [-0.3, -0.25) is 9.59 Å². The molecule has 0 saturated heterocycles. The number of rotatable bonds is 7. The largest absolute Gasteiger partial charge is 0.465 e. The number of methoxy groups -OCH3 is 2. The maximum Gasteiger partial charge on any atom is 0.348 e. The fraction of sp³-hybridized carbons (Fsp3) is 0.300. The summed E-state index contributed by atoms with van der Waals surface area (Å²) in [5.41, 5.74) is 2.14. The number of aryl methyl sites for hydroxylation is 1. The van der Waals surface area contributed by atoms with Gasteiger partial charge in [0.25, 0.3) is 5.91 Å². The molecule has 1 amide bonds. The summed E-state index contributed by atoms with van der Waals surface area (Å²) in [5.74, 6) is -2.55. The third-order valence-electron chi connectivity index (χ3n) is 4.12. The molecule has 1 aromatic carbocycles. The van der Waals surface area contributed by atoms with Gasteiger partial charge in [-0.05, 0) is 30.5 Å². The molecule has 0 aliphatic rings. The predicted molar refractivity (Wildman–Crippen MR) is 106 cm³/mol. The molecular formula is C20H21NO7S. The van der Waals surface area contributed by atoms with Crippen LogP contribution in [-0.4, -0.2) is 44.6 Å². The van der Waals surface area contributed by atoms with E-state index in [0.29, 0.717) is 5.56 Å². The Labute approximate surface area is 171 Å². The van der Waals surface area contributed by atoms with Gasteiger partial charge in [-0.25, -0.2) is 9.59 Å².